The van der Waals surface area contributed by atoms with Gasteiger partial charge in [0.15, 0.2) is 0 Å². The van der Waals surface area contributed by atoms with Gasteiger partial charge in [0.05, 0.1) is 5.69 Å². The molecule has 17 heavy (non-hydrogen) atoms. The van der Waals surface area contributed by atoms with E-state index in [1.54, 1.807) is 0 Å². The summed E-state index contributed by atoms with van der Waals surface area (Å²) in [4.78, 5) is 0. The van der Waals surface area contributed by atoms with E-state index in [-0.39, 0.29) is 0 Å². The van der Waals surface area contributed by atoms with Crippen LogP contribution < -0.4 is 5.73 Å². The van der Waals surface area contributed by atoms with E-state index in [4.69, 9.17) is 5.73 Å². The molecule has 3 heteroatoms. The molecule has 0 amide bonds. The SMILES string of the molecule is CCc1n[nH]c(CC)c1CC1CCC(N)CC1. The summed E-state index contributed by atoms with van der Waals surface area (Å²) in [6.45, 7) is 4.39. The van der Waals surface area contributed by atoms with Crippen molar-refractivity contribution in [3.8, 4) is 0 Å². The van der Waals surface area contributed by atoms with E-state index >= 15 is 0 Å². The minimum Gasteiger partial charge on any atom is -0.328 e. The molecule has 0 bridgehead atoms. The summed E-state index contributed by atoms with van der Waals surface area (Å²) in [5, 5.41) is 7.63. The van der Waals surface area contributed by atoms with Gasteiger partial charge in [-0.2, -0.15) is 5.10 Å². The number of aromatic nitrogens is 2. The Morgan fingerprint density at radius 2 is 1.88 bits per heavy atom. The lowest BCUT2D eigenvalue weighted by Crippen LogP contribution is -2.27. The number of hydrogen-bond donors (Lipinski definition) is 2. The Bertz CT molecular complexity index is 327. The second-order valence-electron chi connectivity index (χ2n) is 5.32. The van der Waals surface area contributed by atoms with Gasteiger partial charge in [-0.05, 0) is 56.4 Å². The third kappa shape index (κ3) is 2.89. The molecular formula is C14H25N3. The number of nitrogens with one attached hydrogen (secondary N) is 1. The van der Waals surface area contributed by atoms with Crippen LogP contribution in [0.5, 0.6) is 0 Å². The molecule has 1 saturated carbocycles. The summed E-state index contributed by atoms with van der Waals surface area (Å²) in [7, 11) is 0. The number of nitrogens with two attached hydrogens (primary N) is 1. The van der Waals surface area contributed by atoms with Gasteiger partial charge in [-0.3, -0.25) is 5.10 Å². The summed E-state index contributed by atoms with van der Waals surface area (Å²) in [6, 6.07) is 0.451. The minimum absolute atomic E-state index is 0.451. The Morgan fingerprint density at radius 1 is 1.18 bits per heavy atom. The fraction of sp³-hybridized carbons (Fsp3) is 0.786. The second-order valence-corrected chi connectivity index (χ2v) is 5.32. The molecule has 0 unspecified atom stereocenters. The monoisotopic (exact) mass is 235 g/mol. The van der Waals surface area contributed by atoms with Gasteiger partial charge in [0.1, 0.15) is 0 Å². The molecule has 3 nitrogen and oxygen atoms in total. The molecule has 0 radical (unpaired) electrons. The molecular weight excluding hydrogens is 210 g/mol. The van der Waals surface area contributed by atoms with Crippen molar-refractivity contribution in [2.24, 2.45) is 11.7 Å². The Kier molecular flexibility index (Phi) is 4.21. The highest BCUT2D eigenvalue weighted by Gasteiger charge is 2.21. The van der Waals surface area contributed by atoms with E-state index in [0.29, 0.717) is 6.04 Å². The lowest BCUT2D eigenvalue weighted by Gasteiger charge is -2.26. The highest BCUT2D eigenvalue weighted by atomic mass is 15.1. The molecule has 3 N–H and O–H groups in total. The maximum atomic E-state index is 5.96. The van der Waals surface area contributed by atoms with E-state index in [0.717, 1.165) is 18.8 Å². The summed E-state index contributed by atoms with van der Waals surface area (Å²) in [5.41, 5.74) is 10.1. The van der Waals surface area contributed by atoms with Gasteiger partial charge in [0.25, 0.3) is 0 Å². The van der Waals surface area contributed by atoms with Crippen LogP contribution >= 0.6 is 0 Å². The van der Waals surface area contributed by atoms with Crippen molar-refractivity contribution >= 4 is 0 Å². The normalized spacial score (nSPS) is 25.1. The highest BCUT2D eigenvalue weighted by molar-refractivity contribution is 5.26. The number of H-pyrrole nitrogens is 1. The average Bonchev–Trinajstić information content (AvgIpc) is 2.74. The first kappa shape index (κ1) is 12.6. The maximum absolute atomic E-state index is 5.96. The molecule has 1 heterocycles. The largest absolute Gasteiger partial charge is 0.328 e. The number of nitrogens with zero attached hydrogens (tertiary/aromatic N) is 1. The second kappa shape index (κ2) is 5.67. The molecule has 1 aromatic heterocycles. The van der Waals surface area contributed by atoms with Crippen molar-refractivity contribution in [1.82, 2.24) is 10.2 Å². The number of aryl methyl sites for hydroxylation is 2. The Labute approximate surface area is 104 Å². The third-order valence-corrected chi connectivity index (χ3v) is 4.11. The first-order valence-electron chi connectivity index (χ1n) is 7.05. The van der Waals surface area contributed by atoms with E-state index < -0.39 is 0 Å². The maximum Gasteiger partial charge on any atom is 0.0654 e. The van der Waals surface area contributed by atoms with Gasteiger partial charge >= 0.3 is 0 Å². The van der Waals surface area contributed by atoms with Crippen LogP contribution in [-0.4, -0.2) is 16.2 Å². The summed E-state index contributed by atoms with van der Waals surface area (Å²) in [5.74, 6) is 0.822. The first-order chi connectivity index (χ1) is 8.24. The zero-order valence-electron chi connectivity index (χ0n) is 11.1. The predicted molar refractivity (Wildman–Crippen MR) is 71.0 cm³/mol. The molecule has 0 atom stereocenters. The number of aromatic amines is 1. The van der Waals surface area contributed by atoms with E-state index in [9.17, 15) is 0 Å². The zero-order valence-corrected chi connectivity index (χ0v) is 11.1. The summed E-state index contributed by atoms with van der Waals surface area (Å²) < 4.78 is 0. The van der Waals surface area contributed by atoms with E-state index in [1.807, 2.05) is 0 Å². The van der Waals surface area contributed by atoms with Crippen LogP contribution in [0.3, 0.4) is 0 Å². The molecule has 1 aliphatic rings. The highest BCUT2D eigenvalue weighted by Crippen LogP contribution is 2.28. The van der Waals surface area contributed by atoms with Crippen LogP contribution in [0.25, 0.3) is 0 Å². The van der Waals surface area contributed by atoms with Crippen LogP contribution in [0.2, 0.25) is 0 Å². The predicted octanol–water partition coefficient (Wildman–Crippen LogP) is 2.59. The van der Waals surface area contributed by atoms with Crippen molar-refractivity contribution < 1.29 is 0 Å². The number of rotatable bonds is 4. The quantitative estimate of drug-likeness (QED) is 0.843. The van der Waals surface area contributed by atoms with Crippen molar-refractivity contribution in [3.05, 3.63) is 17.0 Å². The van der Waals surface area contributed by atoms with Crippen LogP contribution in [0, 0.1) is 5.92 Å². The van der Waals surface area contributed by atoms with Crippen molar-refractivity contribution in [2.75, 3.05) is 0 Å². The Morgan fingerprint density at radius 3 is 2.47 bits per heavy atom. The molecule has 0 aliphatic heterocycles. The molecule has 96 valence electrons. The van der Waals surface area contributed by atoms with Crippen LogP contribution in [0.4, 0.5) is 0 Å². The fourth-order valence-electron chi connectivity index (χ4n) is 2.95. The van der Waals surface area contributed by atoms with Crippen molar-refractivity contribution in [2.45, 2.75) is 64.8 Å². The fourth-order valence-corrected chi connectivity index (χ4v) is 2.95. The van der Waals surface area contributed by atoms with Crippen molar-refractivity contribution in [3.63, 3.8) is 0 Å². The molecule has 1 fully saturated rings. The van der Waals surface area contributed by atoms with E-state index in [1.165, 1.54) is 49.1 Å². The van der Waals surface area contributed by atoms with Gasteiger partial charge < -0.3 is 5.73 Å². The zero-order chi connectivity index (χ0) is 12.3. The molecule has 0 saturated heterocycles. The van der Waals surface area contributed by atoms with Gasteiger partial charge in [-0.15, -0.1) is 0 Å². The Balaban J connectivity index is 2.04. The molecule has 0 aromatic carbocycles. The minimum atomic E-state index is 0.451. The molecule has 1 aromatic rings. The lowest BCUT2D eigenvalue weighted by atomic mass is 9.82. The van der Waals surface area contributed by atoms with Gasteiger partial charge in [0.2, 0.25) is 0 Å². The molecule has 2 rings (SSSR count). The first-order valence-corrected chi connectivity index (χ1v) is 7.05. The van der Waals surface area contributed by atoms with Crippen molar-refractivity contribution in [1.29, 1.82) is 0 Å². The van der Waals surface area contributed by atoms with E-state index in [2.05, 4.69) is 24.0 Å². The average molecular weight is 235 g/mol. The van der Waals surface area contributed by atoms with Gasteiger partial charge in [0, 0.05) is 11.7 Å². The Hall–Kier alpha value is -0.830. The lowest BCUT2D eigenvalue weighted by molar-refractivity contribution is 0.324. The van der Waals surface area contributed by atoms with Gasteiger partial charge in [-0.25, -0.2) is 0 Å². The summed E-state index contributed by atoms with van der Waals surface area (Å²) in [6.07, 6.45) is 8.29. The van der Waals surface area contributed by atoms with Crippen LogP contribution in [0.15, 0.2) is 0 Å². The third-order valence-electron chi connectivity index (χ3n) is 4.11. The van der Waals surface area contributed by atoms with Crippen LogP contribution in [0.1, 0.15) is 56.5 Å². The number of hydrogen-bond acceptors (Lipinski definition) is 2. The molecule has 0 spiro atoms. The van der Waals surface area contributed by atoms with Crippen LogP contribution in [-0.2, 0) is 19.3 Å². The molecule has 1 aliphatic carbocycles. The smallest absolute Gasteiger partial charge is 0.0654 e. The summed E-state index contributed by atoms with van der Waals surface area (Å²) >= 11 is 0. The van der Waals surface area contributed by atoms with Gasteiger partial charge in [-0.1, -0.05) is 13.8 Å². The standard InChI is InChI=1S/C14H25N3/c1-3-13-12(14(4-2)17-16-13)9-10-5-7-11(15)8-6-10/h10-11H,3-9,15H2,1-2H3,(H,16,17). The topological polar surface area (TPSA) is 54.7 Å².